The molecule has 1 aromatic carbocycles. The molecule has 20 heavy (non-hydrogen) atoms. The van der Waals surface area contributed by atoms with Crippen molar-refractivity contribution in [3.05, 3.63) is 28.8 Å². The number of hydrogen-bond donors (Lipinski definition) is 1. The lowest BCUT2D eigenvalue weighted by atomic mass is 10.2. The Bertz CT molecular complexity index is 582. The molecule has 0 bridgehead atoms. The van der Waals surface area contributed by atoms with Gasteiger partial charge in [0.25, 0.3) is 0 Å². The molecule has 0 spiro atoms. The highest BCUT2D eigenvalue weighted by Crippen LogP contribution is 2.19. The van der Waals surface area contributed by atoms with E-state index in [1.807, 2.05) is 13.0 Å². The second-order valence-corrected chi connectivity index (χ2v) is 6.29. The van der Waals surface area contributed by atoms with Crippen LogP contribution in [-0.4, -0.2) is 28.2 Å². The van der Waals surface area contributed by atoms with Crippen molar-refractivity contribution < 1.29 is 13.2 Å². The highest BCUT2D eigenvalue weighted by molar-refractivity contribution is 7.89. The molecule has 1 N–H and O–H groups in total. The van der Waals surface area contributed by atoms with Gasteiger partial charge >= 0.3 is 0 Å². The summed E-state index contributed by atoms with van der Waals surface area (Å²) in [4.78, 5) is 0.0518. The van der Waals surface area contributed by atoms with E-state index in [2.05, 4.69) is 4.72 Å². The molecule has 0 aliphatic heterocycles. The molecule has 1 rings (SSSR count). The Morgan fingerprint density at radius 3 is 2.75 bits per heavy atom. The molecule has 0 atom stereocenters. The molecule has 0 saturated heterocycles. The van der Waals surface area contributed by atoms with Crippen molar-refractivity contribution in [2.24, 2.45) is 0 Å². The lowest BCUT2D eigenvalue weighted by molar-refractivity contribution is 0.133. The van der Waals surface area contributed by atoms with Crippen LogP contribution in [0.1, 0.15) is 25.3 Å². The van der Waals surface area contributed by atoms with E-state index < -0.39 is 10.0 Å². The van der Waals surface area contributed by atoms with Crippen LogP contribution in [0.15, 0.2) is 23.1 Å². The molecular formula is C13H17ClN2O3S. The van der Waals surface area contributed by atoms with E-state index in [1.54, 1.807) is 0 Å². The van der Waals surface area contributed by atoms with Crippen molar-refractivity contribution in [1.29, 1.82) is 5.26 Å². The first-order valence-corrected chi connectivity index (χ1v) is 8.14. The number of nitriles is 1. The summed E-state index contributed by atoms with van der Waals surface area (Å²) < 4.78 is 31.7. The third-order valence-electron chi connectivity index (χ3n) is 2.48. The summed E-state index contributed by atoms with van der Waals surface area (Å²) in [7, 11) is -3.60. The van der Waals surface area contributed by atoms with E-state index >= 15 is 0 Å². The third kappa shape index (κ3) is 5.10. The fourth-order valence-corrected chi connectivity index (χ4v) is 2.85. The van der Waals surface area contributed by atoms with Crippen LogP contribution < -0.4 is 4.72 Å². The van der Waals surface area contributed by atoms with Gasteiger partial charge in [-0.25, -0.2) is 13.1 Å². The first-order valence-electron chi connectivity index (χ1n) is 6.28. The predicted molar refractivity (Wildman–Crippen MR) is 77.1 cm³/mol. The summed E-state index contributed by atoms with van der Waals surface area (Å²) in [5.41, 5.74) is 0.249. The zero-order chi connectivity index (χ0) is 15.0. The van der Waals surface area contributed by atoms with Crippen molar-refractivity contribution in [2.45, 2.75) is 24.7 Å². The molecular weight excluding hydrogens is 300 g/mol. The SMILES string of the molecule is CCCOCCCNS(=O)(=O)c1ccc(C#N)c(Cl)c1. The molecule has 0 aliphatic rings. The third-order valence-corrected chi connectivity index (χ3v) is 4.25. The van der Waals surface area contributed by atoms with Crippen molar-refractivity contribution in [3.8, 4) is 6.07 Å². The highest BCUT2D eigenvalue weighted by Gasteiger charge is 2.14. The van der Waals surface area contributed by atoms with Crippen LogP contribution in [0.3, 0.4) is 0 Å². The number of sulfonamides is 1. The smallest absolute Gasteiger partial charge is 0.240 e. The van der Waals surface area contributed by atoms with E-state index in [-0.39, 0.29) is 15.5 Å². The molecule has 1 aromatic rings. The largest absolute Gasteiger partial charge is 0.381 e. The second kappa shape index (κ2) is 8.22. The molecule has 0 amide bonds. The monoisotopic (exact) mass is 316 g/mol. The van der Waals surface area contributed by atoms with Crippen LogP contribution in [0.25, 0.3) is 0 Å². The molecule has 5 nitrogen and oxygen atoms in total. The van der Waals surface area contributed by atoms with Gasteiger partial charge in [-0.2, -0.15) is 5.26 Å². The Hall–Kier alpha value is -1.13. The Labute approximate surface area is 124 Å². The molecule has 0 aromatic heterocycles. The van der Waals surface area contributed by atoms with Gasteiger partial charge in [0, 0.05) is 19.8 Å². The molecule has 110 valence electrons. The maximum absolute atomic E-state index is 12.0. The van der Waals surface area contributed by atoms with Crippen LogP contribution in [0, 0.1) is 11.3 Å². The summed E-state index contributed by atoms with van der Waals surface area (Å²) >= 11 is 5.82. The van der Waals surface area contributed by atoms with Crippen LogP contribution in [0.4, 0.5) is 0 Å². The fraction of sp³-hybridized carbons (Fsp3) is 0.462. The van der Waals surface area contributed by atoms with E-state index in [4.69, 9.17) is 21.6 Å². The number of nitrogens with one attached hydrogen (secondary N) is 1. The molecule has 0 unspecified atom stereocenters. The average Bonchev–Trinajstić information content (AvgIpc) is 2.42. The van der Waals surface area contributed by atoms with E-state index in [9.17, 15) is 8.42 Å². The number of nitrogens with zero attached hydrogens (tertiary/aromatic N) is 1. The van der Waals surface area contributed by atoms with E-state index in [1.165, 1.54) is 18.2 Å². The Morgan fingerprint density at radius 1 is 1.40 bits per heavy atom. The van der Waals surface area contributed by atoms with Gasteiger partial charge in [-0.15, -0.1) is 0 Å². The maximum atomic E-state index is 12.0. The first kappa shape index (κ1) is 16.9. The lowest BCUT2D eigenvalue weighted by Gasteiger charge is -2.07. The molecule has 7 heteroatoms. The van der Waals surface area contributed by atoms with Crippen LogP contribution in [0.5, 0.6) is 0 Å². The van der Waals surface area contributed by atoms with Gasteiger partial charge in [0.2, 0.25) is 10.0 Å². The molecule has 0 saturated carbocycles. The van der Waals surface area contributed by atoms with Gasteiger partial charge in [0.05, 0.1) is 15.5 Å². The molecule has 0 radical (unpaired) electrons. The molecule has 0 fully saturated rings. The summed E-state index contributed by atoms with van der Waals surface area (Å²) in [6, 6.07) is 5.91. The minimum atomic E-state index is -3.60. The Morgan fingerprint density at radius 2 is 2.15 bits per heavy atom. The predicted octanol–water partition coefficient (Wildman–Crippen LogP) is 2.31. The lowest BCUT2D eigenvalue weighted by Crippen LogP contribution is -2.25. The highest BCUT2D eigenvalue weighted by atomic mass is 35.5. The van der Waals surface area contributed by atoms with Gasteiger partial charge in [-0.05, 0) is 31.0 Å². The Balaban J connectivity index is 2.57. The zero-order valence-electron chi connectivity index (χ0n) is 11.2. The summed E-state index contributed by atoms with van der Waals surface area (Å²) in [6.07, 6.45) is 1.54. The van der Waals surface area contributed by atoms with Crippen LogP contribution in [-0.2, 0) is 14.8 Å². The minimum absolute atomic E-state index is 0.0518. The van der Waals surface area contributed by atoms with Crippen molar-refractivity contribution in [1.82, 2.24) is 4.72 Å². The normalized spacial score (nSPS) is 11.2. The van der Waals surface area contributed by atoms with E-state index in [0.717, 1.165) is 6.42 Å². The van der Waals surface area contributed by atoms with Crippen molar-refractivity contribution >= 4 is 21.6 Å². The fourth-order valence-electron chi connectivity index (χ4n) is 1.46. The maximum Gasteiger partial charge on any atom is 0.240 e. The molecule has 0 heterocycles. The summed E-state index contributed by atoms with van der Waals surface area (Å²) in [5.74, 6) is 0. The zero-order valence-corrected chi connectivity index (χ0v) is 12.8. The van der Waals surface area contributed by atoms with Gasteiger partial charge in [-0.3, -0.25) is 0 Å². The summed E-state index contributed by atoms with van der Waals surface area (Å²) in [6.45, 7) is 3.50. The topological polar surface area (TPSA) is 79.2 Å². The number of ether oxygens (including phenoxy) is 1. The van der Waals surface area contributed by atoms with Gasteiger partial charge < -0.3 is 4.74 Å². The number of hydrogen-bond acceptors (Lipinski definition) is 4. The number of halogens is 1. The van der Waals surface area contributed by atoms with Crippen LogP contribution >= 0.6 is 11.6 Å². The number of benzene rings is 1. The quantitative estimate of drug-likeness (QED) is 0.746. The van der Waals surface area contributed by atoms with E-state index in [0.29, 0.717) is 26.2 Å². The van der Waals surface area contributed by atoms with Gasteiger partial charge in [0.15, 0.2) is 0 Å². The van der Waals surface area contributed by atoms with Crippen molar-refractivity contribution in [2.75, 3.05) is 19.8 Å². The van der Waals surface area contributed by atoms with Crippen LogP contribution in [0.2, 0.25) is 5.02 Å². The molecule has 0 aliphatic carbocycles. The standard InChI is InChI=1S/C13H17ClN2O3S/c1-2-7-19-8-3-6-16-20(17,18)12-5-4-11(10-15)13(14)9-12/h4-5,9,16H,2-3,6-8H2,1H3. The second-order valence-electron chi connectivity index (χ2n) is 4.12. The minimum Gasteiger partial charge on any atom is -0.381 e. The van der Waals surface area contributed by atoms with Gasteiger partial charge in [-0.1, -0.05) is 18.5 Å². The van der Waals surface area contributed by atoms with Gasteiger partial charge in [0.1, 0.15) is 6.07 Å². The van der Waals surface area contributed by atoms with Crippen molar-refractivity contribution in [3.63, 3.8) is 0 Å². The number of rotatable bonds is 8. The average molecular weight is 317 g/mol. The summed E-state index contributed by atoms with van der Waals surface area (Å²) in [5, 5.41) is 8.87. The first-order chi connectivity index (χ1) is 9.51. The Kier molecular flexibility index (Phi) is 6.96.